The Morgan fingerprint density at radius 3 is 2.70 bits per heavy atom. The van der Waals surface area contributed by atoms with Gasteiger partial charge in [0.15, 0.2) is 0 Å². The van der Waals surface area contributed by atoms with E-state index in [2.05, 4.69) is 11.1 Å². The lowest BCUT2D eigenvalue weighted by molar-refractivity contribution is 0.0742. The number of aromatic nitrogens is 1. The number of ether oxygens (including phenoxy) is 1. The van der Waals surface area contributed by atoms with E-state index in [9.17, 15) is 10.1 Å². The van der Waals surface area contributed by atoms with Gasteiger partial charge in [0.05, 0.1) is 12.7 Å². The molecule has 0 aliphatic carbocycles. The zero-order valence-electron chi connectivity index (χ0n) is 16.4. The molecule has 4 rings (SSSR count). The quantitative estimate of drug-likeness (QED) is 0.625. The number of benzene rings is 1. The zero-order valence-corrected chi connectivity index (χ0v) is 17.3. The molecule has 1 fully saturated rings. The Bertz CT molecular complexity index is 1090. The molecule has 8 heteroatoms. The summed E-state index contributed by atoms with van der Waals surface area (Å²) >= 11 is 1.61. The molecule has 0 saturated carbocycles. The smallest absolute Gasteiger partial charge is 0.257 e. The van der Waals surface area contributed by atoms with Crippen LogP contribution in [-0.4, -0.2) is 49.1 Å². The van der Waals surface area contributed by atoms with Crippen LogP contribution in [0.5, 0.6) is 5.75 Å². The number of nitrogens with zero attached hydrogens (tertiary/aromatic N) is 4. The first-order chi connectivity index (χ1) is 14.7. The van der Waals surface area contributed by atoms with Crippen molar-refractivity contribution in [2.45, 2.75) is 0 Å². The van der Waals surface area contributed by atoms with Crippen molar-refractivity contribution >= 4 is 35.3 Å². The van der Waals surface area contributed by atoms with Crippen LogP contribution >= 0.6 is 11.3 Å². The van der Waals surface area contributed by atoms with Gasteiger partial charge in [0.2, 0.25) is 17.5 Å². The minimum Gasteiger partial charge on any atom is -0.496 e. The van der Waals surface area contributed by atoms with Crippen molar-refractivity contribution in [2.75, 3.05) is 38.2 Å². The summed E-state index contributed by atoms with van der Waals surface area (Å²) in [5.74, 6) is 1.34. The van der Waals surface area contributed by atoms with Gasteiger partial charge in [0, 0.05) is 37.1 Å². The SMILES string of the molecule is COc1ccccc1C(=O)N1CCN(c2oc(C=Cc3cccs3)nc2C#N)CC1. The normalized spacial score (nSPS) is 14.1. The van der Waals surface area contributed by atoms with Crippen LogP contribution in [0.3, 0.4) is 0 Å². The first kappa shape index (κ1) is 19.7. The van der Waals surface area contributed by atoms with E-state index in [-0.39, 0.29) is 11.6 Å². The van der Waals surface area contributed by atoms with Crippen LogP contribution in [0.4, 0.5) is 5.88 Å². The number of carbonyl (C=O) groups excluding carboxylic acids is 1. The van der Waals surface area contributed by atoms with Crippen molar-refractivity contribution in [3.63, 3.8) is 0 Å². The predicted molar refractivity (Wildman–Crippen MR) is 116 cm³/mol. The summed E-state index contributed by atoms with van der Waals surface area (Å²) in [6.45, 7) is 2.14. The van der Waals surface area contributed by atoms with Crippen molar-refractivity contribution in [1.82, 2.24) is 9.88 Å². The average Bonchev–Trinajstić information content (AvgIpc) is 3.47. The highest BCUT2D eigenvalue weighted by atomic mass is 32.1. The lowest BCUT2D eigenvalue weighted by Crippen LogP contribution is -2.49. The number of thiophene rings is 1. The number of nitriles is 1. The molecule has 1 aromatic carbocycles. The molecule has 0 atom stereocenters. The molecule has 7 nitrogen and oxygen atoms in total. The van der Waals surface area contributed by atoms with Crippen LogP contribution in [0.2, 0.25) is 0 Å². The minimum absolute atomic E-state index is 0.0650. The van der Waals surface area contributed by atoms with Gasteiger partial charge in [-0.05, 0) is 29.7 Å². The molecule has 0 unspecified atom stereocenters. The van der Waals surface area contributed by atoms with Gasteiger partial charge >= 0.3 is 0 Å². The standard InChI is InChI=1S/C22H20N4O3S/c1-28-19-7-3-2-6-17(19)21(27)25-10-12-26(13-11-25)22-18(15-23)24-20(29-22)9-8-16-5-4-14-30-16/h2-9,14H,10-13H2,1H3. The third-order valence-corrected chi connectivity index (χ3v) is 5.69. The van der Waals surface area contributed by atoms with E-state index in [0.717, 1.165) is 4.88 Å². The molecule has 0 bridgehead atoms. The van der Waals surface area contributed by atoms with Crippen molar-refractivity contribution < 1.29 is 13.9 Å². The molecule has 1 saturated heterocycles. The monoisotopic (exact) mass is 420 g/mol. The summed E-state index contributed by atoms with van der Waals surface area (Å²) in [5, 5.41) is 11.5. The zero-order chi connectivity index (χ0) is 20.9. The molecule has 0 N–H and O–H groups in total. The number of rotatable bonds is 5. The molecule has 3 aromatic rings. The van der Waals surface area contributed by atoms with Crippen molar-refractivity contribution in [2.24, 2.45) is 0 Å². The highest BCUT2D eigenvalue weighted by Crippen LogP contribution is 2.26. The number of para-hydroxylation sites is 1. The van der Waals surface area contributed by atoms with Crippen LogP contribution in [0.1, 0.15) is 26.8 Å². The number of hydrogen-bond donors (Lipinski definition) is 0. The van der Waals surface area contributed by atoms with E-state index < -0.39 is 0 Å². The van der Waals surface area contributed by atoms with Gasteiger partial charge in [-0.2, -0.15) is 10.2 Å². The van der Waals surface area contributed by atoms with Crippen LogP contribution in [0.15, 0.2) is 46.2 Å². The highest BCUT2D eigenvalue weighted by Gasteiger charge is 2.27. The molecule has 3 heterocycles. The number of anilines is 1. The summed E-state index contributed by atoms with van der Waals surface area (Å²) in [4.78, 5) is 22.0. The number of amides is 1. The van der Waals surface area contributed by atoms with Crippen LogP contribution in [0.25, 0.3) is 12.2 Å². The minimum atomic E-state index is -0.0650. The van der Waals surface area contributed by atoms with Crippen LogP contribution in [-0.2, 0) is 0 Å². The Hall–Kier alpha value is -3.57. The number of oxazole rings is 1. The van der Waals surface area contributed by atoms with Gasteiger partial charge in [0.1, 0.15) is 11.8 Å². The van der Waals surface area contributed by atoms with E-state index in [1.807, 2.05) is 40.6 Å². The number of carbonyl (C=O) groups is 1. The Morgan fingerprint density at radius 1 is 1.20 bits per heavy atom. The Labute approximate surface area is 178 Å². The molecule has 1 amide bonds. The van der Waals surface area contributed by atoms with Gasteiger partial charge < -0.3 is 19.0 Å². The molecule has 0 radical (unpaired) electrons. The third-order valence-electron chi connectivity index (χ3n) is 4.86. The lowest BCUT2D eigenvalue weighted by Gasteiger charge is -2.34. The second-order valence-electron chi connectivity index (χ2n) is 6.65. The fourth-order valence-electron chi connectivity index (χ4n) is 3.33. The molecular weight excluding hydrogens is 400 g/mol. The number of piperazine rings is 1. The molecule has 0 spiro atoms. The van der Waals surface area contributed by atoms with Gasteiger partial charge in [-0.25, -0.2) is 0 Å². The van der Waals surface area contributed by atoms with Crippen LogP contribution in [0, 0.1) is 11.3 Å². The van der Waals surface area contributed by atoms with Crippen molar-refractivity contribution in [3.8, 4) is 11.8 Å². The molecule has 1 aliphatic rings. The fraction of sp³-hybridized carbons (Fsp3) is 0.227. The average molecular weight is 420 g/mol. The topological polar surface area (TPSA) is 82.6 Å². The van der Waals surface area contributed by atoms with Gasteiger partial charge in [-0.3, -0.25) is 4.79 Å². The maximum Gasteiger partial charge on any atom is 0.257 e. The van der Waals surface area contributed by atoms with Gasteiger partial charge in [-0.15, -0.1) is 11.3 Å². The number of hydrogen-bond acceptors (Lipinski definition) is 7. The lowest BCUT2D eigenvalue weighted by atomic mass is 10.1. The maximum atomic E-state index is 12.9. The van der Waals surface area contributed by atoms with Crippen molar-refractivity contribution in [3.05, 3.63) is 63.8 Å². The Morgan fingerprint density at radius 2 is 2.00 bits per heavy atom. The first-order valence-corrected chi connectivity index (χ1v) is 10.4. The van der Waals surface area contributed by atoms with E-state index in [0.29, 0.717) is 49.3 Å². The Balaban J connectivity index is 1.45. The maximum absolute atomic E-state index is 12.9. The summed E-state index contributed by atoms with van der Waals surface area (Å²) < 4.78 is 11.2. The number of methoxy groups -OCH3 is 1. The summed E-state index contributed by atoms with van der Waals surface area (Å²) in [5.41, 5.74) is 0.803. The summed E-state index contributed by atoms with van der Waals surface area (Å²) in [6, 6.07) is 13.3. The fourth-order valence-corrected chi connectivity index (χ4v) is 3.95. The van der Waals surface area contributed by atoms with E-state index >= 15 is 0 Å². The Kier molecular flexibility index (Phi) is 5.82. The van der Waals surface area contributed by atoms with Crippen molar-refractivity contribution in [1.29, 1.82) is 5.26 Å². The molecule has 30 heavy (non-hydrogen) atoms. The molecule has 152 valence electrons. The highest BCUT2D eigenvalue weighted by molar-refractivity contribution is 7.10. The molecular formula is C22H20N4O3S. The predicted octanol–water partition coefficient (Wildman–Crippen LogP) is 3.75. The first-order valence-electron chi connectivity index (χ1n) is 9.49. The summed E-state index contributed by atoms with van der Waals surface area (Å²) in [7, 11) is 1.56. The summed E-state index contributed by atoms with van der Waals surface area (Å²) in [6.07, 6.45) is 3.67. The van der Waals surface area contributed by atoms with E-state index in [1.165, 1.54) is 0 Å². The second kappa shape index (κ2) is 8.84. The largest absolute Gasteiger partial charge is 0.496 e. The van der Waals surface area contributed by atoms with Gasteiger partial charge in [-0.1, -0.05) is 18.2 Å². The van der Waals surface area contributed by atoms with E-state index in [1.54, 1.807) is 41.6 Å². The van der Waals surface area contributed by atoms with Gasteiger partial charge in [0.25, 0.3) is 5.91 Å². The third kappa shape index (κ3) is 4.07. The van der Waals surface area contributed by atoms with E-state index in [4.69, 9.17) is 9.15 Å². The second-order valence-corrected chi connectivity index (χ2v) is 7.63. The van der Waals surface area contributed by atoms with Crippen LogP contribution < -0.4 is 9.64 Å². The molecule has 1 aliphatic heterocycles. The molecule has 2 aromatic heterocycles.